The van der Waals surface area contributed by atoms with E-state index in [-0.39, 0.29) is 25.1 Å². The molecule has 3 nitrogen and oxygen atoms in total. The van der Waals surface area contributed by atoms with Crippen molar-refractivity contribution in [2.75, 3.05) is 24.2 Å². The molecule has 0 fully saturated rings. The van der Waals surface area contributed by atoms with Crippen molar-refractivity contribution < 1.29 is 23.1 Å². The van der Waals surface area contributed by atoms with Crippen LogP contribution in [-0.2, 0) is 0 Å². The maximum Gasteiger partial charge on any atom is 0.412 e. The van der Waals surface area contributed by atoms with E-state index in [1.165, 1.54) is 11.8 Å². The summed E-state index contributed by atoms with van der Waals surface area (Å²) in [6, 6.07) is 5.05. The molecular formula is C14H14F3NO2S. The van der Waals surface area contributed by atoms with Gasteiger partial charge in [0, 0.05) is 23.6 Å². The van der Waals surface area contributed by atoms with Gasteiger partial charge in [0.15, 0.2) is 0 Å². The number of hydrogen-bond donors (Lipinski definition) is 1. The van der Waals surface area contributed by atoms with E-state index in [4.69, 9.17) is 0 Å². The topological polar surface area (TPSA) is 40.5 Å². The first-order chi connectivity index (χ1) is 9.84. The Kier molecular flexibility index (Phi) is 4.51. The van der Waals surface area contributed by atoms with E-state index in [0.717, 1.165) is 6.08 Å². The van der Waals surface area contributed by atoms with Crippen molar-refractivity contribution in [2.45, 2.75) is 17.5 Å². The summed E-state index contributed by atoms with van der Waals surface area (Å²) in [5.74, 6) is -1.07. The van der Waals surface area contributed by atoms with Crippen LogP contribution in [0.2, 0.25) is 0 Å². The lowest BCUT2D eigenvalue weighted by atomic mass is 10.1. The maximum atomic E-state index is 12.6. The standard InChI is InChI=1S/C14H14F3NO2S/c1-21-11-4-2-3-10(12(11)13(19)20)18-7-5-9(6-8-18)14(15,16)17/h2-5H,6-8H2,1H3,(H,19,20). The Morgan fingerprint density at radius 1 is 1.38 bits per heavy atom. The number of halogens is 3. The second-order valence-corrected chi connectivity index (χ2v) is 5.43. The van der Waals surface area contributed by atoms with Crippen LogP contribution < -0.4 is 4.90 Å². The molecule has 0 atom stereocenters. The molecule has 114 valence electrons. The molecule has 1 aromatic carbocycles. The number of hydrogen-bond acceptors (Lipinski definition) is 3. The smallest absolute Gasteiger partial charge is 0.412 e. The zero-order valence-electron chi connectivity index (χ0n) is 11.3. The number of thioether (sulfide) groups is 1. The summed E-state index contributed by atoms with van der Waals surface area (Å²) in [7, 11) is 0. The molecule has 0 radical (unpaired) electrons. The number of nitrogens with zero attached hydrogens (tertiary/aromatic N) is 1. The molecule has 1 heterocycles. The molecule has 0 saturated heterocycles. The first-order valence-electron chi connectivity index (χ1n) is 6.26. The van der Waals surface area contributed by atoms with Crippen LogP contribution in [0.25, 0.3) is 0 Å². The lowest BCUT2D eigenvalue weighted by molar-refractivity contribution is -0.0944. The van der Waals surface area contributed by atoms with Crippen LogP contribution in [-0.4, -0.2) is 36.6 Å². The third kappa shape index (κ3) is 3.34. The second kappa shape index (κ2) is 6.01. The summed E-state index contributed by atoms with van der Waals surface area (Å²) in [4.78, 5) is 13.7. The lowest BCUT2D eigenvalue weighted by Gasteiger charge is -2.30. The van der Waals surface area contributed by atoms with Gasteiger partial charge in [-0.05, 0) is 24.8 Å². The van der Waals surface area contributed by atoms with Gasteiger partial charge in [-0.25, -0.2) is 4.79 Å². The fraction of sp³-hybridized carbons (Fsp3) is 0.357. The van der Waals surface area contributed by atoms with Crippen molar-refractivity contribution in [3.05, 3.63) is 35.4 Å². The van der Waals surface area contributed by atoms with Crippen molar-refractivity contribution in [1.82, 2.24) is 0 Å². The predicted molar refractivity (Wildman–Crippen MR) is 76.2 cm³/mol. The Morgan fingerprint density at radius 3 is 2.57 bits per heavy atom. The summed E-state index contributed by atoms with van der Waals surface area (Å²) in [5, 5.41) is 9.35. The third-order valence-corrected chi connectivity index (χ3v) is 4.13. The molecule has 0 unspecified atom stereocenters. The molecule has 0 aliphatic carbocycles. The minimum Gasteiger partial charge on any atom is -0.478 e. The summed E-state index contributed by atoms with van der Waals surface area (Å²) in [5.41, 5.74) is 0.0670. The molecule has 21 heavy (non-hydrogen) atoms. The molecule has 0 spiro atoms. The highest BCUT2D eigenvalue weighted by atomic mass is 32.2. The molecule has 7 heteroatoms. The number of rotatable bonds is 3. The van der Waals surface area contributed by atoms with Gasteiger partial charge in [0.05, 0.1) is 11.3 Å². The fourth-order valence-electron chi connectivity index (χ4n) is 2.31. The van der Waals surface area contributed by atoms with E-state index in [0.29, 0.717) is 10.6 Å². The van der Waals surface area contributed by atoms with Gasteiger partial charge in [0.1, 0.15) is 0 Å². The van der Waals surface area contributed by atoms with E-state index in [9.17, 15) is 23.1 Å². The van der Waals surface area contributed by atoms with Crippen LogP contribution in [0.3, 0.4) is 0 Å². The van der Waals surface area contributed by atoms with Crippen LogP contribution >= 0.6 is 11.8 Å². The fourth-order valence-corrected chi connectivity index (χ4v) is 2.92. The van der Waals surface area contributed by atoms with Gasteiger partial charge in [-0.2, -0.15) is 13.2 Å². The number of alkyl halides is 3. The summed E-state index contributed by atoms with van der Waals surface area (Å²) >= 11 is 1.30. The zero-order valence-corrected chi connectivity index (χ0v) is 12.1. The Balaban J connectivity index is 2.33. The lowest BCUT2D eigenvalue weighted by Crippen LogP contribution is -2.33. The average Bonchev–Trinajstić information content (AvgIpc) is 2.45. The third-order valence-electron chi connectivity index (χ3n) is 3.35. The first kappa shape index (κ1) is 15.8. The van der Waals surface area contributed by atoms with Crippen molar-refractivity contribution in [2.24, 2.45) is 0 Å². The zero-order chi connectivity index (χ0) is 15.6. The van der Waals surface area contributed by atoms with Gasteiger partial charge in [0.25, 0.3) is 0 Å². The number of aromatic carboxylic acids is 1. The van der Waals surface area contributed by atoms with E-state index in [1.54, 1.807) is 29.4 Å². The van der Waals surface area contributed by atoms with Gasteiger partial charge in [0.2, 0.25) is 0 Å². The number of anilines is 1. The highest BCUT2D eigenvalue weighted by molar-refractivity contribution is 7.98. The van der Waals surface area contributed by atoms with Crippen LogP contribution in [0.4, 0.5) is 18.9 Å². The second-order valence-electron chi connectivity index (χ2n) is 4.58. The van der Waals surface area contributed by atoms with Crippen LogP contribution in [0.15, 0.2) is 34.7 Å². The summed E-state index contributed by atoms with van der Waals surface area (Å²) in [6.45, 7) is 0.219. The molecule has 0 amide bonds. The summed E-state index contributed by atoms with van der Waals surface area (Å²) in [6.07, 6.45) is -1.54. The van der Waals surface area contributed by atoms with E-state index in [1.807, 2.05) is 0 Å². The largest absolute Gasteiger partial charge is 0.478 e. The van der Waals surface area contributed by atoms with Crippen molar-refractivity contribution in [3.63, 3.8) is 0 Å². The predicted octanol–water partition coefficient (Wildman–Crippen LogP) is 3.81. The molecule has 1 aromatic rings. The maximum absolute atomic E-state index is 12.6. The van der Waals surface area contributed by atoms with Crippen LogP contribution in [0, 0.1) is 0 Å². The highest BCUT2D eigenvalue weighted by Gasteiger charge is 2.35. The minimum absolute atomic E-state index is 0.0625. The van der Waals surface area contributed by atoms with Gasteiger partial charge < -0.3 is 10.0 Å². The van der Waals surface area contributed by atoms with E-state index >= 15 is 0 Å². The van der Waals surface area contributed by atoms with E-state index < -0.39 is 17.7 Å². The molecule has 1 N–H and O–H groups in total. The average molecular weight is 317 g/mol. The Labute approximate surface area is 124 Å². The monoisotopic (exact) mass is 317 g/mol. The highest BCUT2D eigenvalue weighted by Crippen LogP contribution is 2.34. The van der Waals surface area contributed by atoms with Gasteiger partial charge in [-0.3, -0.25) is 0 Å². The molecular weight excluding hydrogens is 303 g/mol. The number of carboxylic acids is 1. The summed E-state index contributed by atoms with van der Waals surface area (Å²) < 4.78 is 37.8. The van der Waals surface area contributed by atoms with Crippen LogP contribution in [0.5, 0.6) is 0 Å². The quantitative estimate of drug-likeness (QED) is 0.680. The molecule has 0 bridgehead atoms. The SMILES string of the molecule is CSc1cccc(N2CC=C(C(F)(F)F)CC2)c1C(=O)O. The molecule has 1 aliphatic heterocycles. The van der Waals surface area contributed by atoms with Gasteiger partial charge >= 0.3 is 12.1 Å². The first-order valence-corrected chi connectivity index (χ1v) is 7.48. The van der Waals surface area contributed by atoms with Gasteiger partial charge in [-0.15, -0.1) is 11.8 Å². The molecule has 0 aromatic heterocycles. The van der Waals surface area contributed by atoms with Crippen molar-refractivity contribution in [3.8, 4) is 0 Å². The van der Waals surface area contributed by atoms with Gasteiger partial charge in [-0.1, -0.05) is 12.1 Å². The van der Waals surface area contributed by atoms with Crippen molar-refractivity contribution in [1.29, 1.82) is 0 Å². The number of carboxylic acid groups (broad SMARTS) is 1. The minimum atomic E-state index is -4.30. The Hall–Kier alpha value is -1.63. The Morgan fingerprint density at radius 2 is 2.10 bits per heavy atom. The van der Waals surface area contributed by atoms with Crippen LogP contribution in [0.1, 0.15) is 16.8 Å². The Bertz CT molecular complexity index is 584. The normalized spacial score (nSPS) is 15.8. The number of benzene rings is 1. The molecule has 1 aliphatic rings. The molecule has 2 rings (SSSR count). The van der Waals surface area contributed by atoms with E-state index in [2.05, 4.69) is 0 Å². The number of carbonyl (C=O) groups is 1. The van der Waals surface area contributed by atoms with Crippen molar-refractivity contribution >= 4 is 23.4 Å². The molecule has 0 saturated carbocycles.